The molecule has 0 unspecified atom stereocenters. The molecule has 0 fully saturated rings. The first-order chi connectivity index (χ1) is 16.7. The lowest BCUT2D eigenvalue weighted by Crippen LogP contribution is -2.37. The number of hydrogen-bond acceptors (Lipinski definition) is 3. The topological polar surface area (TPSA) is 21.7 Å². The zero-order valence-electron chi connectivity index (χ0n) is 23.7. The molecule has 0 aliphatic carbocycles. The second kappa shape index (κ2) is 28.6. The van der Waals surface area contributed by atoms with Crippen LogP contribution in [0.3, 0.4) is 0 Å². The summed E-state index contributed by atoms with van der Waals surface area (Å²) in [5, 5.41) is 0. The molecule has 0 radical (unpaired) electrons. The monoisotopic (exact) mass is 479 g/mol. The Morgan fingerprint density at radius 1 is 0.529 bits per heavy atom. The molecule has 0 aromatic carbocycles. The molecule has 0 aromatic rings. The van der Waals surface area contributed by atoms with Gasteiger partial charge in [0.2, 0.25) is 0 Å². The molecule has 0 aliphatic heterocycles. The van der Waals surface area contributed by atoms with Gasteiger partial charge in [0, 0.05) is 13.2 Å². The Morgan fingerprint density at radius 3 is 1.44 bits per heavy atom. The molecular weight excluding hydrogens is 418 g/mol. The van der Waals surface area contributed by atoms with Crippen molar-refractivity contribution in [1.29, 1.82) is 0 Å². The molecule has 3 nitrogen and oxygen atoms in total. The van der Waals surface area contributed by atoms with Gasteiger partial charge in [-0.1, -0.05) is 109 Å². The molecule has 0 aliphatic rings. The fourth-order valence-corrected chi connectivity index (χ4v) is 3.96. The number of nitrogens with zero attached hydrogens (tertiary/aromatic N) is 1. The predicted molar refractivity (Wildman–Crippen MR) is 152 cm³/mol. The van der Waals surface area contributed by atoms with Crippen LogP contribution in [0.5, 0.6) is 0 Å². The summed E-state index contributed by atoms with van der Waals surface area (Å²) in [6, 6.07) is 0.369. The van der Waals surface area contributed by atoms with E-state index >= 15 is 0 Å². The first kappa shape index (κ1) is 33.4. The maximum absolute atomic E-state index is 5.95. The van der Waals surface area contributed by atoms with Gasteiger partial charge in [-0.15, -0.1) is 0 Å². The molecular formula is C31H61NO2. The summed E-state index contributed by atoms with van der Waals surface area (Å²) in [5.74, 6) is 0. The van der Waals surface area contributed by atoms with Crippen molar-refractivity contribution < 1.29 is 9.47 Å². The Morgan fingerprint density at radius 2 is 0.941 bits per heavy atom. The second-order valence-electron chi connectivity index (χ2n) is 10.1. The maximum atomic E-state index is 5.95. The average molecular weight is 480 g/mol. The smallest absolute Gasteiger partial charge is 0.0644 e. The van der Waals surface area contributed by atoms with E-state index < -0.39 is 0 Å². The largest absolute Gasteiger partial charge is 0.380 e. The van der Waals surface area contributed by atoms with E-state index in [1.165, 1.54) is 109 Å². The Hall–Kier alpha value is -0.640. The molecule has 1 atom stereocenters. The summed E-state index contributed by atoms with van der Waals surface area (Å²) >= 11 is 0. The lowest BCUT2D eigenvalue weighted by molar-refractivity contribution is 0.0198. The van der Waals surface area contributed by atoms with Gasteiger partial charge in [0.25, 0.3) is 0 Å². The predicted octanol–water partition coefficient (Wildman–Crippen LogP) is 9.12. The maximum Gasteiger partial charge on any atom is 0.0644 e. The quantitative estimate of drug-likeness (QED) is 0.0865. The van der Waals surface area contributed by atoms with E-state index in [4.69, 9.17) is 9.47 Å². The summed E-state index contributed by atoms with van der Waals surface area (Å²) < 4.78 is 11.8. The molecule has 202 valence electrons. The van der Waals surface area contributed by atoms with E-state index in [1.807, 2.05) is 0 Å². The van der Waals surface area contributed by atoms with E-state index in [2.05, 4.69) is 57.1 Å². The minimum absolute atomic E-state index is 0.369. The number of allylic oxidation sites excluding steroid dienone is 4. The molecule has 0 heterocycles. The van der Waals surface area contributed by atoms with Gasteiger partial charge < -0.3 is 14.4 Å². The minimum atomic E-state index is 0.369. The van der Waals surface area contributed by atoms with Gasteiger partial charge in [0.05, 0.1) is 19.3 Å². The summed E-state index contributed by atoms with van der Waals surface area (Å²) in [4.78, 5) is 2.23. The molecule has 0 saturated carbocycles. The van der Waals surface area contributed by atoms with Crippen LogP contribution >= 0.6 is 0 Å². The van der Waals surface area contributed by atoms with Gasteiger partial charge in [-0.2, -0.15) is 0 Å². The Labute approximate surface area is 214 Å². The third kappa shape index (κ3) is 26.0. The Bertz CT molecular complexity index is 433. The lowest BCUT2D eigenvalue weighted by atomic mass is 10.1. The number of rotatable bonds is 27. The standard InChI is InChI=1S/C31H61NO2/c1-5-7-9-11-12-13-14-15-16-17-18-19-20-21-22-23-24-26-28-34-30-31(32(3)4)29-33-27-25-10-8-6-2/h12-13,15-16,31H,5-11,14,17-30H2,1-4H3/b13-12-,16-15+/t31-/m0/s1. The number of likely N-dealkylation sites (N-methyl/N-ethyl adjacent to an activating group) is 1. The second-order valence-corrected chi connectivity index (χ2v) is 10.1. The molecule has 0 saturated heterocycles. The molecule has 0 bridgehead atoms. The van der Waals surface area contributed by atoms with E-state index in [0.29, 0.717) is 6.04 Å². The molecule has 0 spiro atoms. The first-order valence-electron chi connectivity index (χ1n) is 14.8. The van der Waals surface area contributed by atoms with Crippen molar-refractivity contribution in [2.45, 2.75) is 135 Å². The summed E-state index contributed by atoms with van der Waals surface area (Å²) in [6.07, 6.45) is 32.8. The number of hydrogen-bond donors (Lipinski definition) is 0. The fraction of sp³-hybridized carbons (Fsp3) is 0.871. The van der Waals surface area contributed by atoms with Crippen molar-refractivity contribution in [3.8, 4) is 0 Å². The normalized spacial score (nSPS) is 13.1. The molecule has 0 rings (SSSR count). The fourth-order valence-electron chi connectivity index (χ4n) is 3.96. The highest BCUT2D eigenvalue weighted by Crippen LogP contribution is 2.10. The van der Waals surface area contributed by atoms with Gasteiger partial charge in [0.1, 0.15) is 0 Å². The summed E-state index contributed by atoms with van der Waals surface area (Å²) in [6.45, 7) is 7.85. The Kier molecular flexibility index (Phi) is 28.1. The van der Waals surface area contributed by atoms with Crippen molar-refractivity contribution in [2.24, 2.45) is 0 Å². The van der Waals surface area contributed by atoms with Crippen molar-refractivity contribution in [2.75, 3.05) is 40.5 Å². The number of unbranched alkanes of at least 4 members (excludes halogenated alkanes) is 14. The zero-order chi connectivity index (χ0) is 25.0. The SMILES string of the molecule is CCCCC/C=C\C/C=C/CCCCCCCCCCOC[C@H](COCCCCCC)N(C)C. The molecule has 0 amide bonds. The van der Waals surface area contributed by atoms with Crippen LogP contribution in [-0.4, -0.2) is 51.5 Å². The van der Waals surface area contributed by atoms with Crippen LogP contribution < -0.4 is 0 Å². The number of ether oxygens (including phenoxy) is 2. The van der Waals surface area contributed by atoms with E-state index in [1.54, 1.807) is 0 Å². The van der Waals surface area contributed by atoms with Crippen molar-refractivity contribution in [3.63, 3.8) is 0 Å². The van der Waals surface area contributed by atoms with E-state index in [-0.39, 0.29) is 0 Å². The van der Waals surface area contributed by atoms with Crippen molar-refractivity contribution >= 4 is 0 Å². The highest BCUT2D eigenvalue weighted by molar-refractivity contribution is 4.92. The lowest BCUT2D eigenvalue weighted by Gasteiger charge is -2.24. The zero-order valence-corrected chi connectivity index (χ0v) is 23.7. The summed E-state index contributed by atoms with van der Waals surface area (Å²) in [7, 11) is 4.25. The van der Waals surface area contributed by atoms with Gasteiger partial charge in [-0.3, -0.25) is 0 Å². The van der Waals surface area contributed by atoms with Gasteiger partial charge in [0.15, 0.2) is 0 Å². The van der Waals surface area contributed by atoms with Gasteiger partial charge >= 0.3 is 0 Å². The van der Waals surface area contributed by atoms with Crippen LogP contribution in [0, 0.1) is 0 Å². The third-order valence-corrected chi connectivity index (χ3v) is 6.48. The molecule has 3 heteroatoms. The van der Waals surface area contributed by atoms with Crippen LogP contribution in [0.1, 0.15) is 129 Å². The van der Waals surface area contributed by atoms with Crippen LogP contribution in [0.2, 0.25) is 0 Å². The van der Waals surface area contributed by atoms with E-state index in [0.717, 1.165) is 32.8 Å². The highest BCUT2D eigenvalue weighted by atomic mass is 16.5. The van der Waals surface area contributed by atoms with Crippen LogP contribution in [0.25, 0.3) is 0 Å². The molecule has 0 N–H and O–H groups in total. The third-order valence-electron chi connectivity index (χ3n) is 6.48. The Balaban J connectivity index is 3.39. The minimum Gasteiger partial charge on any atom is -0.380 e. The van der Waals surface area contributed by atoms with Gasteiger partial charge in [-0.05, 0) is 59.0 Å². The van der Waals surface area contributed by atoms with E-state index in [9.17, 15) is 0 Å². The van der Waals surface area contributed by atoms with Crippen LogP contribution in [0.15, 0.2) is 24.3 Å². The average Bonchev–Trinajstić information content (AvgIpc) is 2.83. The van der Waals surface area contributed by atoms with Crippen molar-refractivity contribution in [1.82, 2.24) is 4.90 Å². The van der Waals surface area contributed by atoms with Crippen LogP contribution in [0.4, 0.5) is 0 Å². The highest BCUT2D eigenvalue weighted by Gasteiger charge is 2.11. The molecule has 0 aromatic heterocycles. The van der Waals surface area contributed by atoms with Crippen molar-refractivity contribution in [3.05, 3.63) is 24.3 Å². The summed E-state index contributed by atoms with van der Waals surface area (Å²) in [5.41, 5.74) is 0. The van der Waals surface area contributed by atoms with Gasteiger partial charge in [-0.25, -0.2) is 0 Å². The first-order valence-corrected chi connectivity index (χ1v) is 14.8. The molecule has 34 heavy (non-hydrogen) atoms. The van der Waals surface area contributed by atoms with Crippen LogP contribution in [-0.2, 0) is 9.47 Å².